The Balaban J connectivity index is 1.67. The summed E-state index contributed by atoms with van der Waals surface area (Å²) in [4.78, 5) is 21.4. The van der Waals surface area contributed by atoms with Crippen LogP contribution in [-0.2, 0) is 4.79 Å². The number of hydrogen-bond acceptors (Lipinski definition) is 5. The zero-order valence-corrected chi connectivity index (χ0v) is 20.8. The van der Waals surface area contributed by atoms with Crippen molar-refractivity contribution in [2.24, 2.45) is 4.99 Å². The molecular formula is C24H31BrN2O3S. The van der Waals surface area contributed by atoms with Gasteiger partial charge in [0.2, 0.25) is 0 Å². The molecule has 0 N–H and O–H groups in total. The summed E-state index contributed by atoms with van der Waals surface area (Å²) in [5.74, 6) is 1.40. The number of thioether (sulfide) groups is 1. The van der Waals surface area contributed by atoms with Crippen molar-refractivity contribution < 1.29 is 14.3 Å². The number of amides is 1. The monoisotopic (exact) mass is 506 g/mol. The Labute approximate surface area is 197 Å². The van der Waals surface area contributed by atoms with Gasteiger partial charge in [0.05, 0.1) is 25.2 Å². The van der Waals surface area contributed by atoms with E-state index in [4.69, 9.17) is 14.5 Å². The number of methoxy groups -OCH3 is 2. The highest BCUT2D eigenvalue weighted by atomic mass is 79.9. The molecule has 3 fully saturated rings. The number of ether oxygens (including phenoxy) is 2. The maximum Gasteiger partial charge on any atom is 0.267 e. The smallest absolute Gasteiger partial charge is 0.267 e. The molecule has 2 aliphatic carbocycles. The Morgan fingerprint density at radius 1 is 1.00 bits per heavy atom. The van der Waals surface area contributed by atoms with Crippen molar-refractivity contribution >= 4 is 44.8 Å². The minimum atomic E-state index is 0.0909. The van der Waals surface area contributed by atoms with Gasteiger partial charge in [-0.1, -0.05) is 54.5 Å². The first kappa shape index (κ1) is 22.7. The number of benzene rings is 1. The highest BCUT2D eigenvalue weighted by molar-refractivity contribution is 9.10. The third kappa shape index (κ3) is 5.14. The molecule has 3 aliphatic rings. The van der Waals surface area contributed by atoms with E-state index in [0.717, 1.165) is 45.8 Å². The molecule has 31 heavy (non-hydrogen) atoms. The molecule has 7 heteroatoms. The molecule has 2 saturated carbocycles. The van der Waals surface area contributed by atoms with E-state index in [1.165, 1.54) is 50.3 Å². The van der Waals surface area contributed by atoms with Crippen molar-refractivity contribution in [3.8, 4) is 11.5 Å². The zero-order valence-electron chi connectivity index (χ0n) is 18.4. The van der Waals surface area contributed by atoms with E-state index in [1.54, 1.807) is 14.2 Å². The summed E-state index contributed by atoms with van der Waals surface area (Å²) in [6, 6.07) is 4.41. The van der Waals surface area contributed by atoms with Gasteiger partial charge in [-0.2, -0.15) is 0 Å². The lowest BCUT2D eigenvalue weighted by atomic mass is 9.94. The molecule has 0 radical (unpaired) electrons. The lowest BCUT2D eigenvalue weighted by Gasteiger charge is -2.31. The molecule has 0 unspecified atom stereocenters. The predicted octanol–water partition coefficient (Wildman–Crippen LogP) is 6.40. The fourth-order valence-corrected chi connectivity index (χ4v) is 6.26. The van der Waals surface area contributed by atoms with Gasteiger partial charge < -0.3 is 9.47 Å². The molecule has 0 bridgehead atoms. The van der Waals surface area contributed by atoms with Crippen LogP contribution in [-0.4, -0.2) is 42.3 Å². The van der Waals surface area contributed by atoms with E-state index in [9.17, 15) is 4.79 Å². The first-order valence-corrected chi connectivity index (χ1v) is 12.9. The molecule has 1 aliphatic heterocycles. The van der Waals surface area contributed by atoms with Crippen LogP contribution in [0.5, 0.6) is 11.5 Å². The van der Waals surface area contributed by atoms with Crippen molar-refractivity contribution in [2.75, 3.05) is 14.2 Å². The van der Waals surface area contributed by atoms with Crippen molar-refractivity contribution in [1.82, 2.24) is 4.90 Å². The van der Waals surface area contributed by atoms with Gasteiger partial charge in [0.25, 0.3) is 5.91 Å². The van der Waals surface area contributed by atoms with Crippen molar-refractivity contribution in [2.45, 2.75) is 76.3 Å². The summed E-state index contributed by atoms with van der Waals surface area (Å²) in [5.41, 5.74) is 0.899. The van der Waals surface area contributed by atoms with E-state index in [0.29, 0.717) is 17.5 Å². The van der Waals surface area contributed by atoms with Gasteiger partial charge in [0.15, 0.2) is 16.7 Å². The maximum atomic E-state index is 13.5. The number of aliphatic imine (C=N–C) groups is 1. The van der Waals surface area contributed by atoms with Crippen LogP contribution in [0, 0.1) is 0 Å². The number of carbonyl (C=O) groups excluding carboxylic acids is 1. The Kier molecular flexibility index (Phi) is 7.64. The summed E-state index contributed by atoms with van der Waals surface area (Å²) < 4.78 is 11.7. The van der Waals surface area contributed by atoms with E-state index in [2.05, 4.69) is 15.9 Å². The van der Waals surface area contributed by atoms with Crippen LogP contribution < -0.4 is 9.47 Å². The average molecular weight is 507 g/mol. The second-order valence-corrected chi connectivity index (χ2v) is 10.4. The number of rotatable bonds is 5. The third-order valence-corrected chi connectivity index (χ3v) is 8.12. The summed E-state index contributed by atoms with van der Waals surface area (Å²) >= 11 is 5.16. The molecule has 0 aromatic heterocycles. The highest BCUT2D eigenvalue weighted by Gasteiger charge is 2.39. The quantitative estimate of drug-likeness (QED) is 0.433. The number of halogens is 1. The zero-order chi connectivity index (χ0) is 21.8. The molecule has 1 saturated heterocycles. The van der Waals surface area contributed by atoms with Crippen LogP contribution in [0.4, 0.5) is 0 Å². The first-order chi connectivity index (χ1) is 15.1. The lowest BCUT2D eigenvalue weighted by molar-refractivity contribution is -0.124. The van der Waals surface area contributed by atoms with Crippen molar-refractivity contribution in [3.63, 3.8) is 0 Å². The molecule has 1 aromatic carbocycles. The number of hydrogen-bond donors (Lipinski definition) is 0. The third-order valence-electron chi connectivity index (χ3n) is 6.43. The first-order valence-electron chi connectivity index (χ1n) is 11.3. The predicted molar refractivity (Wildman–Crippen MR) is 131 cm³/mol. The van der Waals surface area contributed by atoms with Crippen molar-refractivity contribution in [1.29, 1.82) is 0 Å². The van der Waals surface area contributed by atoms with Crippen LogP contribution in [0.3, 0.4) is 0 Å². The van der Waals surface area contributed by atoms with Gasteiger partial charge in [-0.05, 0) is 61.2 Å². The van der Waals surface area contributed by atoms with E-state index in [-0.39, 0.29) is 11.9 Å². The Hall–Kier alpha value is -1.47. The summed E-state index contributed by atoms with van der Waals surface area (Å²) in [6.45, 7) is 0. The molecular weight excluding hydrogens is 476 g/mol. The molecule has 168 valence electrons. The Morgan fingerprint density at radius 3 is 2.26 bits per heavy atom. The Bertz CT molecular complexity index is 874. The van der Waals surface area contributed by atoms with Gasteiger partial charge in [-0.25, -0.2) is 0 Å². The summed E-state index contributed by atoms with van der Waals surface area (Å²) in [6.07, 6.45) is 13.8. The number of amidine groups is 1. The van der Waals surface area contributed by atoms with Gasteiger partial charge in [0, 0.05) is 10.5 Å². The Morgan fingerprint density at radius 2 is 1.61 bits per heavy atom. The largest absolute Gasteiger partial charge is 0.493 e. The second-order valence-electron chi connectivity index (χ2n) is 8.51. The van der Waals surface area contributed by atoms with Gasteiger partial charge in [-0.15, -0.1) is 0 Å². The van der Waals surface area contributed by atoms with Crippen LogP contribution >= 0.6 is 27.7 Å². The number of nitrogens with zero attached hydrogens (tertiary/aromatic N) is 2. The normalized spacial score (nSPS) is 23.7. The average Bonchev–Trinajstić information content (AvgIpc) is 3.10. The molecule has 5 nitrogen and oxygen atoms in total. The molecule has 4 rings (SSSR count). The summed E-state index contributed by atoms with van der Waals surface area (Å²) in [7, 11) is 3.24. The molecule has 0 atom stereocenters. The van der Waals surface area contributed by atoms with Crippen LogP contribution in [0.25, 0.3) is 6.08 Å². The molecule has 0 spiro atoms. The van der Waals surface area contributed by atoms with Crippen LogP contribution in [0.2, 0.25) is 0 Å². The fraction of sp³-hybridized carbons (Fsp3) is 0.583. The van der Waals surface area contributed by atoms with E-state index >= 15 is 0 Å². The standard InChI is InChI=1S/C24H31BrN2O3S/c1-29-20-13-16(19(25)15-21(20)30-2)14-22-23(28)27(18-11-7-4-8-12-18)24(31-22)26-17-9-5-3-6-10-17/h13-15,17-18H,3-12H2,1-2H3. The second kappa shape index (κ2) is 10.4. The highest BCUT2D eigenvalue weighted by Crippen LogP contribution is 2.40. The lowest BCUT2D eigenvalue weighted by Crippen LogP contribution is -2.41. The fourth-order valence-electron chi connectivity index (χ4n) is 4.73. The van der Waals surface area contributed by atoms with Crippen LogP contribution in [0.1, 0.15) is 69.8 Å². The number of carbonyl (C=O) groups is 1. The maximum absolute atomic E-state index is 13.5. The molecule has 1 amide bonds. The minimum absolute atomic E-state index is 0.0909. The minimum Gasteiger partial charge on any atom is -0.493 e. The summed E-state index contributed by atoms with van der Waals surface area (Å²) in [5, 5.41) is 0.909. The van der Waals surface area contributed by atoms with Gasteiger partial charge in [-0.3, -0.25) is 14.7 Å². The van der Waals surface area contributed by atoms with Crippen LogP contribution in [0.15, 0.2) is 26.5 Å². The molecule has 1 aromatic rings. The van der Waals surface area contributed by atoms with Gasteiger partial charge >= 0.3 is 0 Å². The van der Waals surface area contributed by atoms with Crippen molar-refractivity contribution in [3.05, 3.63) is 27.1 Å². The SMILES string of the molecule is COc1cc(Br)c(C=C2SC(=NC3CCCCC3)N(C3CCCCC3)C2=O)cc1OC. The topological polar surface area (TPSA) is 51.1 Å². The van der Waals surface area contributed by atoms with E-state index in [1.807, 2.05) is 23.1 Å². The van der Waals surface area contributed by atoms with E-state index < -0.39 is 0 Å². The van der Waals surface area contributed by atoms with Gasteiger partial charge in [0.1, 0.15) is 0 Å². The molecule has 1 heterocycles.